The number of carbonyl (C=O) groups is 1. The lowest BCUT2D eigenvalue weighted by molar-refractivity contribution is -0.152. The van der Waals surface area contributed by atoms with E-state index in [2.05, 4.69) is 19.2 Å². The Kier molecular flexibility index (Phi) is 2.66. The average molecular weight is 185 g/mol. The molecule has 0 aromatic carbocycles. The van der Waals surface area contributed by atoms with Crippen molar-refractivity contribution in [1.29, 1.82) is 0 Å². The van der Waals surface area contributed by atoms with Gasteiger partial charge < -0.3 is 10.4 Å². The fraction of sp³-hybridized carbons (Fsp3) is 0.900. The van der Waals surface area contributed by atoms with Crippen LogP contribution in [0.15, 0.2) is 0 Å². The molecule has 13 heavy (non-hydrogen) atoms. The molecule has 0 bridgehead atoms. The second kappa shape index (κ2) is 3.29. The summed E-state index contributed by atoms with van der Waals surface area (Å²) < 4.78 is 0. The maximum atomic E-state index is 11.2. The minimum absolute atomic E-state index is 0.0351. The van der Waals surface area contributed by atoms with Gasteiger partial charge in [0.15, 0.2) is 0 Å². The molecule has 0 aromatic heterocycles. The average Bonchev–Trinajstić information content (AvgIpc) is 2.02. The van der Waals surface area contributed by atoms with Gasteiger partial charge in [0.1, 0.15) is 0 Å². The minimum atomic E-state index is -0.635. The van der Waals surface area contributed by atoms with E-state index in [-0.39, 0.29) is 5.54 Å². The van der Waals surface area contributed by atoms with Crippen molar-refractivity contribution in [2.75, 3.05) is 6.54 Å². The number of rotatable bonds is 2. The molecule has 1 heterocycles. The zero-order chi connectivity index (χ0) is 10.1. The van der Waals surface area contributed by atoms with E-state index in [1.807, 2.05) is 6.92 Å². The van der Waals surface area contributed by atoms with Gasteiger partial charge in [-0.1, -0.05) is 6.92 Å². The topological polar surface area (TPSA) is 49.3 Å². The first-order chi connectivity index (χ1) is 5.92. The summed E-state index contributed by atoms with van der Waals surface area (Å²) >= 11 is 0. The lowest BCUT2D eigenvalue weighted by Crippen LogP contribution is -2.53. The monoisotopic (exact) mass is 185 g/mol. The van der Waals surface area contributed by atoms with Gasteiger partial charge in [-0.3, -0.25) is 4.79 Å². The summed E-state index contributed by atoms with van der Waals surface area (Å²) in [4.78, 5) is 11.2. The Balaban J connectivity index is 2.82. The van der Waals surface area contributed by atoms with E-state index in [0.29, 0.717) is 0 Å². The molecule has 0 amide bonds. The number of carboxylic acids is 1. The molecule has 1 aliphatic rings. The Morgan fingerprint density at radius 1 is 1.54 bits per heavy atom. The Morgan fingerprint density at radius 2 is 2.15 bits per heavy atom. The van der Waals surface area contributed by atoms with Crippen LogP contribution >= 0.6 is 0 Å². The van der Waals surface area contributed by atoms with Gasteiger partial charge in [-0.2, -0.15) is 0 Å². The molecule has 0 radical (unpaired) electrons. The molecule has 3 heteroatoms. The summed E-state index contributed by atoms with van der Waals surface area (Å²) in [5, 5.41) is 12.5. The molecule has 1 fully saturated rings. The first-order valence-corrected chi connectivity index (χ1v) is 4.90. The highest BCUT2D eigenvalue weighted by atomic mass is 16.4. The van der Waals surface area contributed by atoms with Crippen molar-refractivity contribution in [3.05, 3.63) is 0 Å². The normalized spacial score (nSPS) is 32.8. The molecule has 1 saturated heterocycles. The number of piperidine rings is 1. The van der Waals surface area contributed by atoms with Crippen LogP contribution in [0.4, 0.5) is 0 Å². The first kappa shape index (κ1) is 10.5. The van der Waals surface area contributed by atoms with E-state index in [1.165, 1.54) is 0 Å². The Morgan fingerprint density at radius 3 is 2.46 bits per heavy atom. The molecule has 1 aliphatic heterocycles. The molecule has 0 spiro atoms. The van der Waals surface area contributed by atoms with Crippen molar-refractivity contribution < 1.29 is 9.90 Å². The molecular weight excluding hydrogens is 166 g/mol. The number of nitrogens with one attached hydrogen (secondary N) is 1. The second-order valence-electron chi connectivity index (χ2n) is 4.68. The Labute approximate surface area is 79.5 Å². The number of hydrogen-bond donors (Lipinski definition) is 2. The molecule has 0 aromatic rings. The van der Waals surface area contributed by atoms with E-state index in [1.54, 1.807) is 0 Å². The molecule has 3 nitrogen and oxygen atoms in total. The lowest BCUT2D eigenvalue weighted by Gasteiger charge is -2.42. The number of carboxylic acid groups (broad SMARTS) is 1. The van der Waals surface area contributed by atoms with Crippen LogP contribution in [0, 0.1) is 5.41 Å². The van der Waals surface area contributed by atoms with Crippen LogP contribution in [-0.4, -0.2) is 23.2 Å². The van der Waals surface area contributed by atoms with Crippen molar-refractivity contribution in [3.63, 3.8) is 0 Å². The number of hydrogen-bond acceptors (Lipinski definition) is 2. The largest absolute Gasteiger partial charge is 0.481 e. The maximum absolute atomic E-state index is 11.2. The quantitative estimate of drug-likeness (QED) is 0.687. The van der Waals surface area contributed by atoms with Gasteiger partial charge in [0.25, 0.3) is 0 Å². The van der Waals surface area contributed by atoms with Crippen LogP contribution in [0.25, 0.3) is 0 Å². The zero-order valence-corrected chi connectivity index (χ0v) is 8.68. The highest BCUT2D eigenvalue weighted by molar-refractivity contribution is 5.75. The van der Waals surface area contributed by atoms with Crippen LogP contribution in [-0.2, 0) is 4.79 Å². The molecule has 1 unspecified atom stereocenters. The van der Waals surface area contributed by atoms with E-state index in [0.717, 1.165) is 25.8 Å². The minimum Gasteiger partial charge on any atom is -0.481 e. The van der Waals surface area contributed by atoms with Gasteiger partial charge >= 0.3 is 5.97 Å². The Hall–Kier alpha value is -0.570. The summed E-state index contributed by atoms with van der Waals surface area (Å²) in [5.41, 5.74) is -0.526. The van der Waals surface area contributed by atoms with Gasteiger partial charge in [-0.05, 0) is 39.7 Å². The summed E-state index contributed by atoms with van der Waals surface area (Å²) in [6.07, 6.45) is 2.21. The lowest BCUT2D eigenvalue weighted by atomic mass is 9.70. The summed E-state index contributed by atoms with van der Waals surface area (Å²) in [7, 11) is 0. The van der Waals surface area contributed by atoms with Crippen molar-refractivity contribution in [2.45, 2.75) is 45.6 Å². The van der Waals surface area contributed by atoms with Gasteiger partial charge in [-0.25, -0.2) is 0 Å². The van der Waals surface area contributed by atoms with Crippen LogP contribution in [0.5, 0.6) is 0 Å². The van der Waals surface area contributed by atoms with Gasteiger partial charge in [0.05, 0.1) is 5.41 Å². The van der Waals surface area contributed by atoms with Crippen LogP contribution in [0.3, 0.4) is 0 Å². The van der Waals surface area contributed by atoms with Crippen LogP contribution in [0.1, 0.15) is 40.0 Å². The maximum Gasteiger partial charge on any atom is 0.309 e. The summed E-state index contributed by atoms with van der Waals surface area (Å²) in [6, 6.07) is 0. The molecule has 2 N–H and O–H groups in total. The van der Waals surface area contributed by atoms with E-state index in [4.69, 9.17) is 0 Å². The van der Waals surface area contributed by atoms with E-state index >= 15 is 0 Å². The van der Waals surface area contributed by atoms with E-state index in [9.17, 15) is 9.90 Å². The van der Waals surface area contributed by atoms with Crippen molar-refractivity contribution >= 4 is 5.97 Å². The smallest absolute Gasteiger partial charge is 0.309 e. The van der Waals surface area contributed by atoms with Gasteiger partial charge in [0.2, 0.25) is 0 Å². The number of aliphatic carboxylic acids is 1. The second-order valence-corrected chi connectivity index (χ2v) is 4.68. The molecule has 1 atom stereocenters. The third-order valence-corrected chi connectivity index (χ3v) is 3.12. The third kappa shape index (κ3) is 2.02. The fourth-order valence-electron chi connectivity index (χ4n) is 2.27. The third-order valence-electron chi connectivity index (χ3n) is 3.12. The molecule has 0 aliphatic carbocycles. The predicted octanol–water partition coefficient (Wildman–Crippen LogP) is 1.63. The van der Waals surface area contributed by atoms with Crippen molar-refractivity contribution in [3.8, 4) is 0 Å². The van der Waals surface area contributed by atoms with Crippen LogP contribution < -0.4 is 5.32 Å². The van der Waals surface area contributed by atoms with E-state index < -0.39 is 11.4 Å². The summed E-state index contributed by atoms with van der Waals surface area (Å²) in [6.45, 7) is 6.92. The molecule has 1 rings (SSSR count). The van der Waals surface area contributed by atoms with Gasteiger partial charge in [0, 0.05) is 5.54 Å². The molecule has 76 valence electrons. The zero-order valence-electron chi connectivity index (χ0n) is 8.68. The highest BCUT2D eigenvalue weighted by Crippen LogP contribution is 2.38. The first-order valence-electron chi connectivity index (χ1n) is 4.90. The SMILES string of the molecule is CCC1(C(=O)O)CCNC(C)(C)C1. The van der Waals surface area contributed by atoms with Gasteiger partial charge in [-0.15, -0.1) is 0 Å². The van der Waals surface area contributed by atoms with Crippen molar-refractivity contribution in [1.82, 2.24) is 5.32 Å². The summed E-state index contributed by atoms with van der Waals surface area (Å²) in [5.74, 6) is -0.635. The van der Waals surface area contributed by atoms with Crippen LogP contribution in [0.2, 0.25) is 0 Å². The molecule has 0 saturated carbocycles. The Bertz CT molecular complexity index is 213. The predicted molar refractivity (Wildman–Crippen MR) is 51.7 cm³/mol. The van der Waals surface area contributed by atoms with Crippen molar-refractivity contribution in [2.24, 2.45) is 5.41 Å². The highest BCUT2D eigenvalue weighted by Gasteiger charge is 2.44. The molecular formula is C10H19NO2. The fourth-order valence-corrected chi connectivity index (χ4v) is 2.27. The standard InChI is InChI=1S/C10H19NO2/c1-4-10(8(12)13)5-6-11-9(2,3)7-10/h11H,4-7H2,1-3H3,(H,12,13).